The van der Waals surface area contributed by atoms with Gasteiger partial charge in [-0.15, -0.1) is 0 Å². The van der Waals surface area contributed by atoms with E-state index in [2.05, 4.69) is 22.0 Å². The van der Waals surface area contributed by atoms with Crippen molar-refractivity contribution in [2.45, 2.75) is 19.3 Å². The Balaban J connectivity index is 2.12. The Hall–Kier alpha value is -0.830. The monoisotopic (exact) mass is 266 g/mol. The zero-order chi connectivity index (χ0) is 10.7. The second-order valence-corrected chi connectivity index (χ2v) is 4.69. The van der Waals surface area contributed by atoms with Crippen LogP contribution in [0.3, 0.4) is 0 Å². The molecule has 0 bridgehead atoms. The lowest BCUT2D eigenvalue weighted by molar-refractivity contribution is 0.0724. The van der Waals surface area contributed by atoms with E-state index in [0.717, 1.165) is 30.4 Å². The Bertz CT molecular complexity index is 358. The lowest BCUT2D eigenvalue weighted by Gasteiger charge is -2.26. The van der Waals surface area contributed by atoms with Crippen LogP contribution in [0, 0.1) is 6.07 Å². The highest BCUT2D eigenvalue weighted by atomic mass is 79.9. The molecule has 0 atom stereocenters. The lowest BCUT2D eigenvalue weighted by Crippen LogP contribution is -2.35. The molecule has 1 fully saturated rings. The Morgan fingerprint density at radius 2 is 2.07 bits per heavy atom. The second-order valence-electron chi connectivity index (χ2n) is 3.77. The normalized spacial score (nSPS) is 16.5. The summed E-state index contributed by atoms with van der Waals surface area (Å²) in [7, 11) is 0. The van der Waals surface area contributed by atoms with Gasteiger partial charge < -0.3 is 4.90 Å². The van der Waals surface area contributed by atoms with Crippen molar-refractivity contribution in [1.29, 1.82) is 0 Å². The van der Waals surface area contributed by atoms with Crippen LogP contribution >= 0.6 is 15.9 Å². The number of likely N-dealkylation sites (tertiary alicyclic amines) is 1. The van der Waals surface area contributed by atoms with Gasteiger partial charge in [0.15, 0.2) is 0 Å². The van der Waals surface area contributed by atoms with Crippen LogP contribution in [0.15, 0.2) is 22.7 Å². The first kappa shape index (κ1) is 10.7. The first-order valence-corrected chi connectivity index (χ1v) is 6.03. The average molecular weight is 267 g/mol. The van der Waals surface area contributed by atoms with Crippen molar-refractivity contribution < 1.29 is 4.79 Å². The van der Waals surface area contributed by atoms with E-state index in [1.807, 2.05) is 17.0 Å². The molecule has 0 aliphatic carbocycles. The number of hydrogen-bond donors (Lipinski definition) is 0. The summed E-state index contributed by atoms with van der Waals surface area (Å²) in [6, 6.07) is 8.48. The minimum absolute atomic E-state index is 0.107. The van der Waals surface area contributed by atoms with E-state index in [4.69, 9.17) is 0 Å². The Morgan fingerprint density at radius 3 is 2.73 bits per heavy atom. The smallest absolute Gasteiger partial charge is 0.254 e. The van der Waals surface area contributed by atoms with Crippen LogP contribution in [-0.4, -0.2) is 23.9 Å². The van der Waals surface area contributed by atoms with Gasteiger partial charge in [-0.25, -0.2) is 0 Å². The van der Waals surface area contributed by atoms with Gasteiger partial charge in [-0.2, -0.15) is 0 Å². The lowest BCUT2D eigenvalue weighted by atomic mass is 10.1. The van der Waals surface area contributed by atoms with Gasteiger partial charge in [0.25, 0.3) is 5.91 Å². The second kappa shape index (κ2) is 4.79. The van der Waals surface area contributed by atoms with Crippen molar-refractivity contribution in [2.24, 2.45) is 0 Å². The van der Waals surface area contributed by atoms with Crippen molar-refractivity contribution in [2.75, 3.05) is 13.1 Å². The van der Waals surface area contributed by atoms with Crippen molar-refractivity contribution in [3.63, 3.8) is 0 Å². The molecule has 1 radical (unpaired) electrons. The van der Waals surface area contributed by atoms with Gasteiger partial charge in [0, 0.05) is 23.1 Å². The summed E-state index contributed by atoms with van der Waals surface area (Å²) in [5.74, 6) is 0.107. The largest absolute Gasteiger partial charge is 0.339 e. The molecule has 0 saturated carbocycles. The predicted octanol–water partition coefficient (Wildman–Crippen LogP) is 2.88. The molecule has 2 rings (SSSR count). The fourth-order valence-electron chi connectivity index (χ4n) is 1.83. The Kier molecular flexibility index (Phi) is 3.41. The fraction of sp³-hybridized carbons (Fsp3) is 0.417. The minimum Gasteiger partial charge on any atom is -0.339 e. The van der Waals surface area contributed by atoms with E-state index in [-0.39, 0.29) is 5.91 Å². The first-order chi connectivity index (χ1) is 7.27. The van der Waals surface area contributed by atoms with E-state index in [0.29, 0.717) is 5.56 Å². The number of benzene rings is 1. The van der Waals surface area contributed by atoms with Crippen molar-refractivity contribution in [3.05, 3.63) is 34.3 Å². The molecule has 1 aliphatic heterocycles. The molecular formula is C12H13BrNO. The number of halogens is 1. The molecule has 0 unspecified atom stereocenters. The van der Waals surface area contributed by atoms with Crippen LogP contribution in [0.2, 0.25) is 0 Å². The van der Waals surface area contributed by atoms with Crippen molar-refractivity contribution in [1.82, 2.24) is 4.90 Å². The molecule has 2 nitrogen and oxygen atoms in total. The van der Waals surface area contributed by atoms with Crippen molar-refractivity contribution >= 4 is 21.8 Å². The summed E-state index contributed by atoms with van der Waals surface area (Å²) in [6.07, 6.45) is 3.49. The third-order valence-corrected chi connectivity index (χ3v) is 3.13. The van der Waals surface area contributed by atoms with Crippen LogP contribution in [0.25, 0.3) is 0 Å². The summed E-state index contributed by atoms with van der Waals surface area (Å²) in [5.41, 5.74) is 0.659. The average Bonchev–Trinajstić information content (AvgIpc) is 2.29. The van der Waals surface area contributed by atoms with E-state index >= 15 is 0 Å². The van der Waals surface area contributed by atoms with E-state index < -0.39 is 0 Å². The number of rotatable bonds is 1. The van der Waals surface area contributed by atoms with Gasteiger partial charge in [0.1, 0.15) is 0 Å². The molecule has 3 heteroatoms. The summed E-state index contributed by atoms with van der Waals surface area (Å²) < 4.78 is 0.932. The van der Waals surface area contributed by atoms with Crippen LogP contribution in [-0.2, 0) is 0 Å². The molecule has 0 aromatic heterocycles. The topological polar surface area (TPSA) is 20.3 Å². The standard InChI is InChI=1S/C12H13BrNO/c13-11-6-4-5-10(9-11)12(15)14-7-2-1-3-8-14/h4,6,9H,1-3,7-8H2. The fourth-order valence-corrected chi connectivity index (χ4v) is 2.19. The molecule has 1 amide bonds. The summed E-state index contributed by atoms with van der Waals surface area (Å²) in [5, 5.41) is 0. The molecule has 79 valence electrons. The summed E-state index contributed by atoms with van der Waals surface area (Å²) in [4.78, 5) is 13.9. The van der Waals surface area contributed by atoms with Crippen LogP contribution in [0.5, 0.6) is 0 Å². The van der Waals surface area contributed by atoms with Crippen LogP contribution in [0.4, 0.5) is 0 Å². The maximum atomic E-state index is 12.0. The van der Waals surface area contributed by atoms with E-state index in [9.17, 15) is 4.79 Å². The molecule has 1 heterocycles. The maximum absolute atomic E-state index is 12.0. The molecular weight excluding hydrogens is 254 g/mol. The predicted molar refractivity (Wildman–Crippen MR) is 62.7 cm³/mol. The first-order valence-electron chi connectivity index (χ1n) is 5.24. The third kappa shape index (κ3) is 2.59. The SMILES string of the molecule is O=C(c1[c]ccc(Br)c1)N1CCCCC1. The molecule has 15 heavy (non-hydrogen) atoms. The van der Waals surface area contributed by atoms with Crippen molar-refractivity contribution in [3.8, 4) is 0 Å². The molecule has 0 N–H and O–H groups in total. The zero-order valence-electron chi connectivity index (χ0n) is 8.50. The van der Waals surface area contributed by atoms with Crippen LogP contribution in [0.1, 0.15) is 29.6 Å². The highest BCUT2D eigenvalue weighted by Crippen LogP contribution is 2.16. The number of piperidine rings is 1. The molecule has 1 aromatic rings. The van der Waals surface area contributed by atoms with Gasteiger partial charge in [0.2, 0.25) is 0 Å². The number of nitrogens with zero attached hydrogens (tertiary/aromatic N) is 1. The van der Waals surface area contributed by atoms with Gasteiger partial charge in [0.05, 0.1) is 0 Å². The summed E-state index contributed by atoms with van der Waals surface area (Å²) >= 11 is 3.36. The maximum Gasteiger partial charge on any atom is 0.254 e. The van der Waals surface area contributed by atoms with Gasteiger partial charge in [-0.1, -0.05) is 22.0 Å². The molecule has 1 saturated heterocycles. The number of carbonyl (C=O) groups is 1. The highest BCUT2D eigenvalue weighted by molar-refractivity contribution is 9.10. The number of hydrogen-bond acceptors (Lipinski definition) is 1. The van der Waals surface area contributed by atoms with E-state index in [1.165, 1.54) is 6.42 Å². The molecule has 1 aliphatic rings. The van der Waals surface area contributed by atoms with Gasteiger partial charge >= 0.3 is 0 Å². The Morgan fingerprint density at radius 1 is 1.33 bits per heavy atom. The minimum atomic E-state index is 0.107. The summed E-state index contributed by atoms with van der Waals surface area (Å²) in [6.45, 7) is 1.78. The van der Waals surface area contributed by atoms with Gasteiger partial charge in [-0.3, -0.25) is 4.79 Å². The number of amides is 1. The van der Waals surface area contributed by atoms with Gasteiger partial charge in [-0.05, 0) is 37.5 Å². The molecule has 1 aromatic carbocycles. The zero-order valence-corrected chi connectivity index (χ0v) is 10.1. The third-order valence-electron chi connectivity index (χ3n) is 2.64. The highest BCUT2D eigenvalue weighted by Gasteiger charge is 2.17. The Labute approximate surface area is 98.4 Å². The molecule has 0 spiro atoms. The quantitative estimate of drug-likeness (QED) is 0.766. The van der Waals surface area contributed by atoms with E-state index in [1.54, 1.807) is 6.07 Å². The van der Waals surface area contributed by atoms with Crippen LogP contribution < -0.4 is 0 Å². The number of carbonyl (C=O) groups excluding carboxylic acids is 1.